The van der Waals surface area contributed by atoms with E-state index in [-0.39, 0.29) is 29.6 Å². The maximum atomic E-state index is 13.3. The van der Waals surface area contributed by atoms with Crippen LogP contribution in [0.5, 0.6) is 0 Å². The van der Waals surface area contributed by atoms with E-state index in [0.717, 1.165) is 55.0 Å². The van der Waals surface area contributed by atoms with Gasteiger partial charge < -0.3 is 20.3 Å². The number of amides is 1. The third-order valence-corrected chi connectivity index (χ3v) is 6.44. The summed E-state index contributed by atoms with van der Waals surface area (Å²) < 4.78 is 5.45. The molecule has 9 heteroatoms. The normalized spacial score (nSPS) is 16.4. The molecule has 2 aromatic heterocycles. The van der Waals surface area contributed by atoms with Gasteiger partial charge in [-0.15, -0.1) is 0 Å². The van der Waals surface area contributed by atoms with Crippen LogP contribution in [-0.4, -0.2) is 59.5 Å². The smallest absolute Gasteiger partial charge is 0.226 e. The number of hydrogen-bond donors (Lipinski definition) is 1. The number of carbonyl (C=O) groups excluding carboxylic acids is 2. The summed E-state index contributed by atoms with van der Waals surface area (Å²) in [6.07, 6.45) is 7.67. The number of piperidine rings is 1. The van der Waals surface area contributed by atoms with Gasteiger partial charge in [0, 0.05) is 67.4 Å². The Labute approximate surface area is 204 Å². The molecule has 1 aromatic carbocycles. The highest BCUT2D eigenvalue weighted by Crippen LogP contribution is 2.27. The van der Waals surface area contributed by atoms with E-state index >= 15 is 0 Å². The molecule has 0 spiro atoms. The molecule has 0 atom stereocenters. The predicted octanol–water partition coefficient (Wildman–Crippen LogP) is 2.90. The van der Waals surface area contributed by atoms with E-state index in [9.17, 15) is 9.59 Å². The zero-order chi connectivity index (χ0) is 24.2. The van der Waals surface area contributed by atoms with Crippen LogP contribution in [-0.2, 0) is 16.0 Å². The molecule has 3 aromatic rings. The van der Waals surface area contributed by atoms with Crippen molar-refractivity contribution in [2.45, 2.75) is 25.7 Å². The largest absolute Gasteiger partial charge is 0.382 e. The number of nitrogens with two attached hydrogens (primary N) is 1. The van der Waals surface area contributed by atoms with Crippen molar-refractivity contribution in [2.75, 3.05) is 48.4 Å². The second-order valence-electron chi connectivity index (χ2n) is 8.74. The van der Waals surface area contributed by atoms with Gasteiger partial charge in [-0.2, -0.15) is 0 Å². The van der Waals surface area contributed by atoms with Crippen LogP contribution in [0.1, 0.15) is 35.3 Å². The van der Waals surface area contributed by atoms with Crippen molar-refractivity contribution >= 4 is 28.9 Å². The van der Waals surface area contributed by atoms with Gasteiger partial charge in [-0.1, -0.05) is 12.1 Å². The summed E-state index contributed by atoms with van der Waals surface area (Å²) in [6, 6.07) is 9.52. The van der Waals surface area contributed by atoms with Crippen LogP contribution in [0, 0.1) is 0 Å². The first-order valence-electron chi connectivity index (χ1n) is 11.9. The number of hydrogen-bond acceptors (Lipinski definition) is 8. The van der Waals surface area contributed by atoms with E-state index in [1.165, 1.54) is 0 Å². The van der Waals surface area contributed by atoms with Gasteiger partial charge in [0.25, 0.3) is 0 Å². The molecule has 2 saturated heterocycles. The van der Waals surface area contributed by atoms with Gasteiger partial charge in [-0.3, -0.25) is 14.6 Å². The molecule has 9 nitrogen and oxygen atoms in total. The molecule has 180 valence electrons. The third kappa shape index (κ3) is 5.00. The molecule has 2 aliphatic heterocycles. The Kier molecular flexibility index (Phi) is 6.67. The molecular formula is C26H28N6O3. The second kappa shape index (κ2) is 10.2. The average Bonchev–Trinajstić information content (AvgIpc) is 2.90. The zero-order valence-corrected chi connectivity index (χ0v) is 19.5. The molecule has 0 saturated carbocycles. The number of carbonyl (C=O) groups is 2. The van der Waals surface area contributed by atoms with Gasteiger partial charge in [0.05, 0.1) is 25.1 Å². The number of nitrogen functional groups attached to an aromatic ring is 1. The van der Waals surface area contributed by atoms with Crippen LogP contribution in [0.4, 0.5) is 17.2 Å². The predicted molar refractivity (Wildman–Crippen MR) is 133 cm³/mol. The van der Waals surface area contributed by atoms with Crippen molar-refractivity contribution in [2.24, 2.45) is 0 Å². The lowest BCUT2D eigenvalue weighted by Crippen LogP contribution is -2.37. The van der Waals surface area contributed by atoms with Crippen LogP contribution in [0.2, 0.25) is 0 Å². The number of ether oxygens (including phenoxy) is 1. The molecule has 0 bridgehead atoms. The van der Waals surface area contributed by atoms with Crippen molar-refractivity contribution < 1.29 is 14.3 Å². The fraction of sp³-hybridized carbons (Fsp3) is 0.346. The Bertz CT molecular complexity index is 1220. The molecule has 0 aliphatic carbocycles. The zero-order valence-electron chi connectivity index (χ0n) is 19.5. The van der Waals surface area contributed by atoms with Crippen molar-refractivity contribution in [1.29, 1.82) is 0 Å². The van der Waals surface area contributed by atoms with E-state index in [4.69, 9.17) is 10.5 Å². The summed E-state index contributed by atoms with van der Waals surface area (Å²) >= 11 is 0. The summed E-state index contributed by atoms with van der Waals surface area (Å²) in [6.45, 7) is 3.57. The SMILES string of the molecule is Nc1ncc(-c2ccc(N3CCCCC3=O)cc2)nc1C(=O)Cc1cnccc1N1CCOCC1. The third-order valence-electron chi connectivity index (χ3n) is 6.44. The first-order chi connectivity index (χ1) is 17.1. The van der Waals surface area contributed by atoms with Crippen LogP contribution < -0.4 is 15.5 Å². The molecule has 2 N–H and O–H groups in total. The lowest BCUT2D eigenvalue weighted by Gasteiger charge is -2.30. The monoisotopic (exact) mass is 472 g/mol. The van der Waals surface area contributed by atoms with Crippen molar-refractivity contribution in [3.8, 4) is 11.3 Å². The maximum absolute atomic E-state index is 13.3. The molecule has 0 radical (unpaired) electrons. The molecule has 1 amide bonds. The lowest BCUT2D eigenvalue weighted by molar-refractivity contribution is -0.119. The number of Topliss-reactive ketones (excluding diaryl/α,β-unsaturated/α-hetero) is 1. The molecule has 5 rings (SSSR count). The van der Waals surface area contributed by atoms with Crippen LogP contribution in [0.25, 0.3) is 11.3 Å². The van der Waals surface area contributed by atoms with E-state index < -0.39 is 0 Å². The number of anilines is 3. The number of nitrogens with zero attached hydrogens (tertiary/aromatic N) is 5. The van der Waals surface area contributed by atoms with Gasteiger partial charge in [0.2, 0.25) is 5.91 Å². The number of morpholine rings is 1. The summed E-state index contributed by atoms with van der Waals surface area (Å²) in [5.74, 6) is 0.0389. The molecule has 2 fully saturated rings. The minimum absolute atomic E-state index is 0.103. The molecule has 0 unspecified atom stereocenters. The van der Waals surface area contributed by atoms with E-state index in [2.05, 4.69) is 19.9 Å². The number of rotatable bonds is 6. The number of pyridine rings is 1. The van der Waals surface area contributed by atoms with Crippen LogP contribution in [0.15, 0.2) is 48.9 Å². The van der Waals surface area contributed by atoms with Gasteiger partial charge in [0.1, 0.15) is 5.69 Å². The minimum atomic E-state index is -0.213. The quantitative estimate of drug-likeness (QED) is 0.545. The maximum Gasteiger partial charge on any atom is 0.226 e. The highest BCUT2D eigenvalue weighted by Gasteiger charge is 2.21. The number of aromatic nitrogens is 3. The van der Waals surface area contributed by atoms with E-state index in [1.54, 1.807) is 18.6 Å². The van der Waals surface area contributed by atoms with Gasteiger partial charge >= 0.3 is 0 Å². The highest BCUT2D eigenvalue weighted by molar-refractivity contribution is 6.00. The van der Waals surface area contributed by atoms with Crippen LogP contribution >= 0.6 is 0 Å². The van der Waals surface area contributed by atoms with Gasteiger partial charge in [0.15, 0.2) is 11.6 Å². The number of benzene rings is 1. The average molecular weight is 473 g/mol. The summed E-state index contributed by atoms with van der Waals surface area (Å²) in [5, 5.41) is 0. The Morgan fingerprint density at radius 1 is 1.03 bits per heavy atom. The topological polar surface area (TPSA) is 115 Å². The molecular weight excluding hydrogens is 444 g/mol. The lowest BCUT2D eigenvalue weighted by atomic mass is 10.0. The van der Waals surface area contributed by atoms with Crippen molar-refractivity contribution in [3.05, 3.63) is 60.2 Å². The summed E-state index contributed by atoms with van der Waals surface area (Å²) in [7, 11) is 0. The van der Waals surface area contributed by atoms with Gasteiger partial charge in [-0.25, -0.2) is 9.97 Å². The Balaban J connectivity index is 1.36. The first-order valence-corrected chi connectivity index (χ1v) is 11.9. The van der Waals surface area contributed by atoms with E-state index in [0.29, 0.717) is 25.3 Å². The Hall–Kier alpha value is -3.85. The molecule has 2 aliphatic rings. The summed E-state index contributed by atoms with van der Waals surface area (Å²) in [4.78, 5) is 42.5. The fourth-order valence-electron chi connectivity index (χ4n) is 4.56. The first kappa shape index (κ1) is 22.9. The number of ketones is 1. The molecule has 35 heavy (non-hydrogen) atoms. The fourth-order valence-corrected chi connectivity index (χ4v) is 4.56. The van der Waals surface area contributed by atoms with Gasteiger partial charge in [-0.05, 0) is 31.0 Å². The Morgan fingerprint density at radius 2 is 1.83 bits per heavy atom. The van der Waals surface area contributed by atoms with E-state index in [1.807, 2.05) is 35.2 Å². The van der Waals surface area contributed by atoms with Crippen molar-refractivity contribution in [1.82, 2.24) is 15.0 Å². The standard InChI is InChI=1S/C26H28N6O3/c27-26-25(23(33)15-19-16-28-9-8-22(19)31-11-13-35-14-12-31)30-21(17-29-26)18-4-6-20(7-5-18)32-10-2-1-3-24(32)34/h4-9,16-17H,1-3,10-15H2,(H2,27,29). The minimum Gasteiger partial charge on any atom is -0.382 e. The highest BCUT2D eigenvalue weighted by atomic mass is 16.5. The summed E-state index contributed by atoms with van der Waals surface area (Å²) in [5.41, 5.74) is 10.2. The van der Waals surface area contributed by atoms with Crippen molar-refractivity contribution in [3.63, 3.8) is 0 Å². The Morgan fingerprint density at radius 3 is 2.60 bits per heavy atom. The molecule has 4 heterocycles. The van der Waals surface area contributed by atoms with Crippen LogP contribution in [0.3, 0.4) is 0 Å². The second-order valence-corrected chi connectivity index (χ2v) is 8.74.